The first-order valence-electron chi connectivity index (χ1n) is 11.4. The number of fused-ring (bicyclic) bond motifs is 3. The Balaban J connectivity index is 1.80. The highest BCUT2D eigenvalue weighted by atomic mass is 35.5. The van der Waals surface area contributed by atoms with Crippen LogP contribution in [0.3, 0.4) is 0 Å². The minimum absolute atomic E-state index is 0.159. The Labute approximate surface area is 202 Å². The van der Waals surface area contributed by atoms with Gasteiger partial charge < -0.3 is 14.2 Å². The molecule has 0 aliphatic carbocycles. The zero-order chi connectivity index (χ0) is 24.1. The van der Waals surface area contributed by atoms with Crippen molar-refractivity contribution >= 4 is 39.3 Å². The lowest BCUT2D eigenvalue weighted by Gasteiger charge is -2.34. The van der Waals surface area contributed by atoms with Gasteiger partial charge in [0.05, 0.1) is 17.8 Å². The number of hydrogen-bond acceptors (Lipinski definition) is 4. The summed E-state index contributed by atoms with van der Waals surface area (Å²) in [5, 5.41) is 6.45. The lowest BCUT2D eigenvalue weighted by molar-refractivity contribution is 0.0617. The third-order valence-electron chi connectivity index (χ3n) is 6.68. The highest BCUT2D eigenvalue weighted by Gasteiger charge is 2.31. The minimum atomic E-state index is -0.313. The molecule has 34 heavy (non-hydrogen) atoms. The van der Waals surface area contributed by atoms with E-state index in [1.165, 1.54) is 11.8 Å². The van der Waals surface area contributed by atoms with Crippen LogP contribution in [0.4, 0.5) is 0 Å². The summed E-state index contributed by atoms with van der Waals surface area (Å²) < 4.78 is 8.37. The van der Waals surface area contributed by atoms with Gasteiger partial charge in [0.25, 0.3) is 11.5 Å². The number of para-hydroxylation sites is 1. The minimum Gasteiger partial charge on any atom is -0.495 e. The van der Waals surface area contributed by atoms with Crippen LogP contribution in [0.25, 0.3) is 27.5 Å². The van der Waals surface area contributed by atoms with Crippen molar-refractivity contribution in [1.82, 2.24) is 19.2 Å². The van der Waals surface area contributed by atoms with Crippen LogP contribution in [-0.4, -0.2) is 45.4 Å². The Morgan fingerprint density at radius 1 is 1.12 bits per heavy atom. The molecule has 1 amide bonds. The fraction of sp³-hybridized carbons (Fsp3) is 0.346. The van der Waals surface area contributed by atoms with Crippen LogP contribution < -0.4 is 10.3 Å². The summed E-state index contributed by atoms with van der Waals surface area (Å²) >= 11 is 6.35. The van der Waals surface area contributed by atoms with Crippen molar-refractivity contribution in [3.63, 3.8) is 0 Å². The van der Waals surface area contributed by atoms with E-state index in [-0.39, 0.29) is 17.2 Å². The normalized spacial score (nSPS) is 18.6. The Bertz CT molecular complexity index is 1480. The lowest BCUT2D eigenvalue weighted by Crippen LogP contribution is -2.43. The molecule has 3 heterocycles. The lowest BCUT2D eigenvalue weighted by atomic mass is 9.91. The van der Waals surface area contributed by atoms with E-state index in [0.717, 1.165) is 17.3 Å². The fourth-order valence-electron chi connectivity index (χ4n) is 5.27. The number of nitrogens with zero attached hydrogens (tertiary/aromatic N) is 4. The summed E-state index contributed by atoms with van der Waals surface area (Å²) in [4.78, 5) is 29.5. The molecular formula is C26H27ClN4O3. The SMILES string of the molecule is COc1ccc(-n2nc(C(=O)N3CC(C)CC(C)C3)c3c4ccccc4n(C)c3c2=O)cc1Cl. The molecule has 2 unspecified atom stereocenters. The molecule has 4 aromatic rings. The molecular weight excluding hydrogens is 452 g/mol. The van der Waals surface area contributed by atoms with E-state index in [9.17, 15) is 9.59 Å². The highest BCUT2D eigenvalue weighted by molar-refractivity contribution is 6.32. The molecule has 0 bridgehead atoms. The summed E-state index contributed by atoms with van der Waals surface area (Å²) in [6.07, 6.45) is 1.09. The van der Waals surface area contributed by atoms with Crippen LogP contribution in [0, 0.1) is 11.8 Å². The molecule has 8 heteroatoms. The van der Waals surface area contributed by atoms with Gasteiger partial charge in [0.15, 0.2) is 5.69 Å². The molecule has 0 N–H and O–H groups in total. The summed E-state index contributed by atoms with van der Waals surface area (Å²) in [6, 6.07) is 12.7. The Morgan fingerprint density at radius 3 is 2.50 bits per heavy atom. The number of rotatable bonds is 3. The summed E-state index contributed by atoms with van der Waals surface area (Å²) in [5.74, 6) is 1.15. The number of aromatic nitrogens is 3. The van der Waals surface area contributed by atoms with Crippen LogP contribution in [0.2, 0.25) is 5.02 Å². The summed E-state index contributed by atoms with van der Waals surface area (Å²) in [5.41, 5.74) is 1.74. The number of carbonyl (C=O) groups excluding carboxylic acids is 1. The number of halogens is 1. The number of carbonyl (C=O) groups is 1. The average molecular weight is 479 g/mol. The Hall–Kier alpha value is -3.32. The van der Waals surface area contributed by atoms with Crippen LogP contribution in [0.5, 0.6) is 5.75 Å². The second kappa shape index (κ2) is 8.47. The zero-order valence-electron chi connectivity index (χ0n) is 19.7. The Kier molecular flexibility index (Phi) is 5.60. The Morgan fingerprint density at radius 2 is 1.82 bits per heavy atom. The molecule has 7 nitrogen and oxygen atoms in total. The predicted octanol–water partition coefficient (Wildman–Crippen LogP) is 4.66. The standard InChI is InChI=1S/C26H27ClN4O3/c1-15-11-16(2)14-30(13-15)25(32)23-22-18-7-5-6-8-20(18)29(3)24(22)26(33)31(28-23)17-9-10-21(34-4)19(27)12-17/h5-10,12,15-16H,11,13-14H2,1-4H3. The summed E-state index contributed by atoms with van der Waals surface area (Å²) in [6.45, 7) is 5.67. The van der Waals surface area contributed by atoms with Gasteiger partial charge in [-0.25, -0.2) is 0 Å². The first-order chi connectivity index (χ1) is 16.3. The molecule has 0 spiro atoms. The molecule has 176 valence electrons. The molecule has 2 aromatic carbocycles. The molecule has 1 fully saturated rings. The number of hydrogen-bond donors (Lipinski definition) is 0. The fourth-order valence-corrected chi connectivity index (χ4v) is 5.52. The van der Waals surface area contributed by atoms with E-state index in [1.807, 2.05) is 40.8 Å². The number of aryl methyl sites for hydroxylation is 1. The van der Waals surface area contributed by atoms with Crippen LogP contribution in [0.1, 0.15) is 30.8 Å². The van der Waals surface area contributed by atoms with Crippen LogP contribution in [0.15, 0.2) is 47.3 Å². The largest absolute Gasteiger partial charge is 0.495 e. The van der Waals surface area contributed by atoms with Crippen molar-refractivity contribution in [2.75, 3.05) is 20.2 Å². The highest BCUT2D eigenvalue weighted by Crippen LogP contribution is 2.31. The van der Waals surface area contributed by atoms with E-state index in [0.29, 0.717) is 52.3 Å². The summed E-state index contributed by atoms with van der Waals surface area (Å²) in [7, 11) is 3.38. The number of benzene rings is 2. The van der Waals surface area contributed by atoms with Gasteiger partial charge >= 0.3 is 0 Å². The maximum absolute atomic E-state index is 13.9. The zero-order valence-corrected chi connectivity index (χ0v) is 20.5. The molecule has 2 atom stereocenters. The van der Waals surface area contributed by atoms with Crippen molar-refractivity contribution in [1.29, 1.82) is 0 Å². The third-order valence-corrected chi connectivity index (χ3v) is 6.97. The topological polar surface area (TPSA) is 69.4 Å². The van der Waals surface area contributed by atoms with E-state index < -0.39 is 0 Å². The molecule has 1 aliphatic rings. The van der Waals surface area contributed by atoms with Crippen molar-refractivity contribution in [3.05, 3.63) is 63.5 Å². The smallest absolute Gasteiger partial charge is 0.296 e. The molecule has 2 aromatic heterocycles. The van der Waals surface area contributed by atoms with Crippen molar-refractivity contribution in [2.45, 2.75) is 20.3 Å². The first-order valence-corrected chi connectivity index (χ1v) is 11.8. The number of ether oxygens (including phenoxy) is 1. The van der Waals surface area contributed by atoms with E-state index in [4.69, 9.17) is 16.3 Å². The maximum atomic E-state index is 13.9. The van der Waals surface area contributed by atoms with Gasteiger partial charge in [-0.15, -0.1) is 0 Å². The van der Waals surface area contributed by atoms with Crippen molar-refractivity contribution in [2.24, 2.45) is 18.9 Å². The monoisotopic (exact) mass is 478 g/mol. The third kappa shape index (κ3) is 3.55. The van der Waals surface area contributed by atoms with Gasteiger partial charge in [0.2, 0.25) is 0 Å². The van der Waals surface area contributed by atoms with Crippen molar-refractivity contribution in [3.8, 4) is 11.4 Å². The van der Waals surface area contributed by atoms with E-state index >= 15 is 0 Å². The number of piperidine rings is 1. The van der Waals surface area contributed by atoms with E-state index in [1.54, 1.807) is 18.2 Å². The van der Waals surface area contributed by atoms with Gasteiger partial charge in [0, 0.05) is 36.4 Å². The number of likely N-dealkylation sites (tertiary alicyclic amines) is 1. The molecule has 0 saturated carbocycles. The second-order valence-corrected chi connectivity index (χ2v) is 9.75. The molecule has 1 saturated heterocycles. The van der Waals surface area contributed by atoms with Crippen molar-refractivity contribution < 1.29 is 9.53 Å². The predicted molar refractivity (Wildman–Crippen MR) is 134 cm³/mol. The molecule has 0 radical (unpaired) electrons. The first kappa shape index (κ1) is 22.5. The average Bonchev–Trinajstić information content (AvgIpc) is 3.11. The van der Waals surface area contributed by atoms with Crippen LogP contribution >= 0.6 is 11.6 Å². The van der Waals surface area contributed by atoms with Gasteiger partial charge in [-0.1, -0.05) is 43.6 Å². The van der Waals surface area contributed by atoms with Gasteiger partial charge in [-0.3, -0.25) is 9.59 Å². The number of amides is 1. The number of methoxy groups -OCH3 is 1. The molecule has 5 rings (SSSR count). The second-order valence-electron chi connectivity index (χ2n) is 9.34. The van der Waals surface area contributed by atoms with Gasteiger partial charge in [-0.05, 0) is 42.5 Å². The van der Waals surface area contributed by atoms with Gasteiger partial charge in [-0.2, -0.15) is 9.78 Å². The molecule has 1 aliphatic heterocycles. The van der Waals surface area contributed by atoms with E-state index in [2.05, 4.69) is 18.9 Å². The quantitative estimate of drug-likeness (QED) is 0.429. The van der Waals surface area contributed by atoms with Gasteiger partial charge in [0.1, 0.15) is 11.3 Å². The maximum Gasteiger partial charge on any atom is 0.296 e. The van der Waals surface area contributed by atoms with Crippen LogP contribution in [-0.2, 0) is 7.05 Å².